The Kier molecular flexibility index (Phi) is 6.53. The molecule has 0 radical (unpaired) electrons. The first-order chi connectivity index (χ1) is 15.5. The highest BCUT2D eigenvalue weighted by Crippen LogP contribution is 2.39. The number of pyridine rings is 1. The molecule has 0 bridgehead atoms. The third kappa shape index (κ3) is 4.24. The number of hydrogen-bond donors (Lipinski definition) is 1. The van der Waals surface area contributed by atoms with Crippen LogP contribution in [-0.4, -0.2) is 78.1 Å². The normalized spacial score (nSPS) is 21.2. The molecule has 2 aliphatic rings. The van der Waals surface area contributed by atoms with Gasteiger partial charge in [0.2, 0.25) is 0 Å². The molecule has 2 fully saturated rings. The van der Waals surface area contributed by atoms with E-state index in [4.69, 9.17) is 9.47 Å². The lowest BCUT2D eigenvalue weighted by Gasteiger charge is -2.31. The molecule has 1 amide bonds. The van der Waals surface area contributed by atoms with E-state index >= 15 is 0 Å². The molecular formula is C24H27N3O5. The van der Waals surface area contributed by atoms with Crippen molar-refractivity contribution in [2.75, 3.05) is 46.5 Å². The molecule has 1 aromatic heterocycles. The SMILES string of the molecule is COc1ccc(/C(O)=C2\C(=O)C(=O)N(CCN3CCOCC3)[C@@H]2c2ccncc2)c(C)c1. The maximum absolute atomic E-state index is 13.1. The first-order valence-electron chi connectivity index (χ1n) is 10.6. The van der Waals surface area contributed by atoms with Gasteiger partial charge in [-0.1, -0.05) is 0 Å². The van der Waals surface area contributed by atoms with Gasteiger partial charge >= 0.3 is 0 Å². The minimum Gasteiger partial charge on any atom is -0.507 e. The number of carbonyl (C=O) groups is 2. The maximum Gasteiger partial charge on any atom is 0.295 e. The maximum atomic E-state index is 13.1. The number of carbonyl (C=O) groups excluding carboxylic acids is 2. The van der Waals surface area contributed by atoms with Crippen LogP contribution >= 0.6 is 0 Å². The van der Waals surface area contributed by atoms with Crippen molar-refractivity contribution in [2.24, 2.45) is 0 Å². The third-order valence-corrected chi connectivity index (χ3v) is 6.01. The van der Waals surface area contributed by atoms with Crippen LogP contribution in [0.3, 0.4) is 0 Å². The smallest absolute Gasteiger partial charge is 0.295 e. The molecule has 32 heavy (non-hydrogen) atoms. The lowest BCUT2D eigenvalue weighted by atomic mass is 9.94. The van der Waals surface area contributed by atoms with E-state index in [2.05, 4.69) is 9.88 Å². The summed E-state index contributed by atoms with van der Waals surface area (Å²) in [6.07, 6.45) is 3.24. The van der Waals surface area contributed by atoms with Gasteiger partial charge < -0.3 is 19.5 Å². The van der Waals surface area contributed by atoms with Crippen LogP contribution in [0.1, 0.15) is 22.7 Å². The van der Waals surface area contributed by atoms with Crippen LogP contribution in [-0.2, 0) is 14.3 Å². The van der Waals surface area contributed by atoms with Crippen molar-refractivity contribution >= 4 is 17.4 Å². The van der Waals surface area contributed by atoms with E-state index < -0.39 is 17.7 Å². The standard InChI is InChI=1S/C24H27N3O5/c1-16-15-18(31-2)3-4-19(16)22(28)20-21(17-5-7-25-8-6-17)27(24(30)23(20)29)10-9-26-11-13-32-14-12-26/h3-8,15,21,28H,9-14H2,1-2H3/b22-20+/t21-/m1/s1. The van der Waals surface area contributed by atoms with E-state index in [1.807, 2.05) is 6.92 Å². The summed E-state index contributed by atoms with van der Waals surface area (Å²) < 4.78 is 10.6. The van der Waals surface area contributed by atoms with Crippen LogP contribution in [0.15, 0.2) is 48.3 Å². The number of morpholine rings is 1. The second-order valence-electron chi connectivity index (χ2n) is 7.91. The number of aromatic nitrogens is 1. The highest BCUT2D eigenvalue weighted by molar-refractivity contribution is 6.46. The van der Waals surface area contributed by atoms with Crippen LogP contribution < -0.4 is 4.74 Å². The zero-order chi connectivity index (χ0) is 22.7. The molecule has 0 saturated carbocycles. The average Bonchev–Trinajstić information content (AvgIpc) is 3.08. The largest absolute Gasteiger partial charge is 0.507 e. The lowest BCUT2D eigenvalue weighted by molar-refractivity contribution is -0.140. The van der Waals surface area contributed by atoms with Gasteiger partial charge in [-0.25, -0.2) is 0 Å². The van der Waals surface area contributed by atoms with Gasteiger partial charge in [0, 0.05) is 44.1 Å². The van der Waals surface area contributed by atoms with Crippen molar-refractivity contribution in [3.8, 4) is 5.75 Å². The van der Waals surface area contributed by atoms with Crippen molar-refractivity contribution in [2.45, 2.75) is 13.0 Å². The number of likely N-dealkylation sites (tertiary alicyclic amines) is 1. The Morgan fingerprint density at radius 1 is 1.16 bits per heavy atom. The summed E-state index contributed by atoms with van der Waals surface area (Å²) in [6, 6.07) is 8.07. The van der Waals surface area contributed by atoms with Gasteiger partial charge in [-0.05, 0) is 48.4 Å². The minimum absolute atomic E-state index is 0.0939. The minimum atomic E-state index is -0.680. The Morgan fingerprint density at radius 2 is 1.88 bits per heavy atom. The van der Waals surface area contributed by atoms with E-state index in [-0.39, 0.29) is 11.3 Å². The molecule has 2 aliphatic heterocycles. The third-order valence-electron chi connectivity index (χ3n) is 6.01. The molecule has 168 valence electrons. The second kappa shape index (κ2) is 9.50. The summed E-state index contributed by atoms with van der Waals surface area (Å²) in [6.45, 7) is 5.71. The molecular weight excluding hydrogens is 410 g/mol. The Labute approximate surface area is 187 Å². The first kappa shape index (κ1) is 22.0. The molecule has 1 N–H and O–H groups in total. The molecule has 1 atom stereocenters. The lowest BCUT2D eigenvalue weighted by Crippen LogP contribution is -2.42. The van der Waals surface area contributed by atoms with Crippen molar-refractivity contribution in [1.29, 1.82) is 0 Å². The molecule has 8 nitrogen and oxygen atoms in total. The summed E-state index contributed by atoms with van der Waals surface area (Å²) in [5.74, 6) is -0.816. The van der Waals surface area contributed by atoms with Gasteiger partial charge in [-0.3, -0.25) is 19.5 Å². The number of aliphatic hydroxyl groups is 1. The predicted molar refractivity (Wildman–Crippen MR) is 118 cm³/mol. The number of ketones is 1. The van der Waals surface area contributed by atoms with Gasteiger partial charge in [-0.15, -0.1) is 0 Å². The summed E-state index contributed by atoms with van der Waals surface area (Å²) >= 11 is 0. The fourth-order valence-electron chi connectivity index (χ4n) is 4.25. The van der Waals surface area contributed by atoms with Crippen LogP contribution in [0.2, 0.25) is 0 Å². The average molecular weight is 437 g/mol. The van der Waals surface area contributed by atoms with Crippen molar-refractivity contribution in [3.05, 3.63) is 65.0 Å². The Morgan fingerprint density at radius 3 is 2.53 bits per heavy atom. The van der Waals surface area contributed by atoms with Crippen molar-refractivity contribution in [3.63, 3.8) is 0 Å². The molecule has 2 aromatic rings. The second-order valence-corrected chi connectivity index (χ2v) is 7.91. The van der Waals surface area contributed by atoms with Crippen LogP contribution in [0, 0.1) is 6.92 Å². The number of aryl methyl sites for hydroxylation is 1. The predicted octanol–water partition coefficient (Wildman–Crippen LogP) is 2.15. The monoisotopic (exact) mass is 437 g/mol. The highest BCUT2D eigenvalue weighted by atomic mass is 16.5. The van der Waals surface area contributed by atoms with E-state index in [0.717, 1.165) is 24.2 Å². The summed E-state index contributed by atoms with van der Waals surface area (Å²) in [7, 11) is 1.57. The summed E-state index contributed by atoms with van der Waals surface area (Å²) in [5, 5.41) is 11.2. The van der Waals surface area contributed by atoms with Gasteiger partial charge in [0.25, 0.3) is 11.7 Å². The van der Waals surface area contributed by atoms with Crippen LogP contribution in [0.25, 0.3) is 5.76 Å². The molecule has 0 unspecified atom stereocenters. The van der Waals surface area contributed by atoms with E-state index in [0.29, 0.717) is 37.6 Å². The van der Waals surface area contributed by atoms with Gasteiger partial charge in [0.15, 0.2) is 0 Å². The fourth-order valence-corrected chi connectivity index (χ4v) is 4.25. The zero-order valence-corrected chi connectivity index (χ0v) is 18.3. The number of rotatable bonds is 6. The Balaban J connectivity index is 1.73. The highest BCUT2D eigenvalue weighted by Gasteiger charge is 2.46. The van der Waals surface area contributed by atoms with Crippen molar-refractivity contribution in [1.82, 2.24) is 14.8 Å². The Hall–Kier alpha value is -3.23. The zero-order valence-electron chi connectivity index (χ0n) is 18.3. The Bertz CT molecular complexity index is 1030. The number of ether oxygens (including phenoxy) is 2. The number of aliphatic hydroxyl groups excluding tert-OH is 1. The number of benzene rings is 1. The van der Waals surface area contributed by atoms with Gasteiger partial charge in [0.1, 0.15) is 11.5 Å². The molecule has 3 heterocycles. The number of hydrogen-bond acceptors (Lipinski definition) is 7. The number of methoxy groups -OCH3 is 1. The molecule has 4 rings (SSSR count). The molecule has 0 spiro atoms. The molecule has 2 saturated heterocycles. The number of nitrogens with zero attached hydrogens (tertiary/aromatic N) is 3. The van der Waals surface area contributed by atoms with Crippen molar-refractivity contribution < 1.29 is 24.2 Å². The molecule has 1 aromatic carbocycles. The topological polar surface area (TPSA) is 92.2 Å². The van der Waals surface area contributed by atoms with Crippen LogP contribution in [0.4, 0.5) is 0 Å². The summed E-state index contributed by atoms with van der Waals surface area (Å²) in [4.78, 5) is 34.0. The van der Waals surface area contributed by atoms with E-state index in [1.165, 1.54) is 0 Å². The van der Waals surface area contributed by atoms with Gasteiger partial charge in [0.05, 0.1) is 31.9 Å². The summed E-state index contributed by atoms with van der Waals surface area (Å²) in [5.41, 5.74) is 2.07. The molecule has 8 heteroatoms. The number of amides is 1. The van der Waals surface area contributed by atoms with Crippen LogP contribution in [0.5, 0.6) is 5.75 Å². The van der Waals surface area contributed by atoms with Gasteiger partial charge in [-0.2, -0.15) is 0 Å². The first-order valence-corrected chi connectivity index (χ1v) is 10.6. The number of Topliss-reactive ketones (excluding diaryl/α,β-unsaturated/α-hetero) is 1. The van der Waals surface area contributed by atoms with E-state index in [1.54, 1.807) is 54.7 Å². The molecule has 0 aliphatic carbocycles. The van der Waals surface area contributed by atoms with E-state index in [9.17, 15) is 14.7 Å². The fraction of sp³-hybridized carbons (Fsp3) is 0.375. The quantitative estimate of drug-likeness (QED) is 0.421.